The molecule has 0 radical (unpaired) electrons. The fraction of sp³-hybridized carbons (Fsp3) is 0.765. The second-order valence-corrected chi connectivity index (χ2v) is 7.57. The Bertz CT molecular complexity index is 659. The number of hydrogen-bond donors (Lipinski definition) is 4. The molecule has 12 heteroatoms. The van der Waals surface area contributed by atoms with Crippen LogP contribution in [0.4, 0.5) is 19.2 Å². The first-order valence-corrected chi connectivity index (χ1v) is 9.54. The van der Waals surface area contributed by atoms with Crippen molar-refractivity contribution in [2.24, 2.45) is 0 Å². The number of hydrogen-bond acceptors (Lipinski definition) is 4. The van der Waals surface area contributed by atoms with Gasteiger partial charge in [-0.25, -0.2) is 19.2 Å². The molecule has 1 aliphatic heterocycles. The maximum atomic E-state index is 12.0. The van der Waals surface area contributed by atoms with E-state index in [1.165, 1.54) is 0 Å². The molecule has 0 aromatic heterocycles. The molecule has 4 N–H and O–H groups in total. The van der Waals surface area contributed by atoms with Crippen LogP contribution < -0.4 is 0 Å². The molecule has 2 fully saturated rings. The highest BCUT2D eigenvalue weighted by Crippen LogP contribution is 2.37. The summed E-state index contributed by atoms with van der Waals surface area (Å²) in [5.41, 5.74) is -1.04. The quantitative estimate of drug-likeness (QED) is 0.463. The van der Waals surface area contributed by atoms with Gasteiger partial charge in [0.1, 0.15) is 0 Å². The molecule has 2 unspecified atom stereocenters. The molecule has 4 amide bonds. The van der Waals surface area contributed by atoms with E-state index in [1.54, 1.807) is 6.92 Å². The van der Waals surface area contributed by atoms with Gasteiger partial charge in [-0.2, -0.15) is 0 Å². The lowest BCUT2D eigenvalue weighted by Gasteiger charge is -2.51. The van der Waals surface area contributed by atoms with Crippen LogP contribution >= 0.6 is 0 Å². The number of amides is 4. The zero-order valence-electron chi connectivity index (χ0n) is 16.4. The summed E-state index contributed by atoms with van der Waals surface area (Å²) in [6, 6.07) is -0.654. The lowest BCUT2D eigenvalue weighted by Crippen LogP contribution is -2.66. The lowest BCUT2D eigenvalue weighted by molar-refractivity contribution is -0.0145. The summed E-state index contributed by atoms with van der Waals surface area (Å²) < 4.78 is 0. The number of rotatable bonds is 0. The van der Waals surface area contributed by atoms with Crippen molar-refractivity contribution in [3.05, 3.63) is 0 Å². The van der Waals surface area contributed by atoms with E-state index in [-0.39, 0.29) is 39.3 Å². The first-order chi connectivity index (χ1) is 13.6. The first-order valence-electron chi connectivity index (χ1n) is 9.54. The van der Waals surface area contributed by atoms with Gasteiger partial charge < -0.3 is 35.1 Å². The molecule has 1 aliphatic carbocycles. The van der Waals surface area contributed by atoms with E-state index in [0.29, 0.717) is 19.3 Å². The molecule has 2 atom stereocenters. The summed E-state index contributed by atoms with van der Waals surface area (Å²) in [5.74, 6) is 0. The maximum Gasteiger partial charge on any atom is 0.407 e. The monoisotopic (exact) mass is 416 g/mol. The Morgan fingerprint density at radius 3 is 1.72 bits per heavy atom. The molecular formula is C17H28N4O8. The van der Waals surface area contributed by atoms with Gasteiger partial charge in [0.15, 0.2) is 0 Å². The summed E-state index contributed by atoms with van der Waals surface area (Å²) >= 11 is 0. The molecule has 164 valence electrons. The van der Waals surface area contributed by atoms with Crippen LogP contribution in [0.15, 0.2) is 0 Å². The van der Waals surface area contributed by atoms with Gasteiger partial charge in [0, 0.05) is 39.3 Å². The summed E-state index contributed by atoms with van der Waals surface area (Å²) in [6.07, 6.45) is -2.68. The van der Waals surface area contributed by atoms with Crippen LogP contribution in [0.5, 0.6) is 0 Å². The molecule has 0 bridgehead atoms. The summed E-state index contributed by atoms with van der Waals surface area (Å²) in [5, 5.41) is 38.4. The van der Waals surface area contributed by atoms with Crippen molar-refractivity contribution in [3.8, 4) is 0 Å². The largest absolute Gasteiger partial charge is 0.465 e. The van der Waals surface area contributed by atoms with Crippen molar-refractivity contribution < 1.29 is 39.6 Å². The lowest BCUT2D eigenvalue weighted by atomic mass is 9.76. The average Bonchev–Trinajstić information content (AvgIpc) is 2.61. The SMILES string of the molecule is CC12CCCCC1N(C(=O)O)CCN(C(=O)O)CCN(C(=O)O)CCN2C(=O)O. The number of carboxylic acid groups (broad SMARTS) is 4. The van der Waals surface area contributed by atoms with Crippen LogP contribution in [0, 0.1) is 0 Å². The van der Waals surface area contributed by atoms with Crippen molar-refractivity contribution in [1.29, 1.82) is 0 Å². The van der Waals surface area contributed by atoms with Crippen LogP contribution in [-0.2, 0) is 0 Å². The molecular weight excluding hydrogens is 388 g/mol. The van der Waals surface area contributed by atoms with E-state index in [1.807, 2.05) is 0 Å². The van der Waals surface area contributed by atoms with Crippen molar-refractivity contribution >= 4 is 24.4 Å². The zero-order chi connectivity index (χ0) is 21.8. The minimum atomic E-state index is -1.27. The van der Waals surface area contributed by atoms with Crippen LogP contribution in [0.3, 0.4) is 0 Å². The Labute approximate surface area is 167 Å². The highest BCUT2D eigenvalue weighted by Gasteiger charge is 2.48. The summed E-state index contributed by atoms with van der Waals surface area (Å²) in [7, 11) is 0. The number of nitrogens with zero attached hydrogens (tertiary/aromatic N) is 4. The molecule has 1 saturated heterocycles. The predicted molar refractivity (Wildman–Crippen MR) is 99.3 cm³/mol. The first kappa shape index (κ1) is 22.4. The van der Waals surface area contributed by atoms with Crippen LogP contribution in [0.2, 0.25) is 0 Å². The second-order valence-electron chi connectivity index (χ2n) is 7.57. The Morgan fingerprint density at radius 1 is 0.724 bits per heavy atom. The minimum absolute atomic E-state index is 0.123. The van der Waals surface area contributed by atoms with E-state index in [0.717, 1.165) is 26.0 Å². The van der Waals surface area contributed by atoms with Crippen LogP contribution in [-0.4, -0.2) is 115 Å². The molecule has 1 saturated carbocycles. The van der Waals surface area contributed by atoms with Gasteiger partial charge >= 0.3 is 24.4 Å². The fourth-order valence-corrected chi connectivity index (χ4v) is 4.36. The van der Waals surface area contributed by atoms with E-state index in [2.05, 4.69) is 0 Å². The third-order valence-corrected chi connectivity index (χ3v) is 5.98. The van der Waals surface area contributed by atoms with Crippen LogP contribution in [0.1, 0.15) is 32.6 Å². The van der Waals surface area contributed by atoms with Crippen molar-refractivity contribution in [2.45, 2.75) is 44.2 Å². The smallest absolute Gasteiger partial charge is 0.407 e. The zero-order valence-corrected chi connectivity index (χ0v) is 16.4. The maximum absolute atomic E-state index is 12.0. The van der Waals surface area contributed by atoms with Crippen molar-refractivity contribution in [3.63, 3.8) is 0 Å². The van der Waals surface area contributed by atoms with Gasteiger partial charge in [-0.05, 0) is 19.8 Å². The third kappa shape index (κ3) is 4.93. The Balaban J connectivity index is 2.45. The summed E-state index contributed by atoms with van der Waals surface area (Å²) in [4.78, 5) is 51.3. The van der Waals surface area contributed by atoms with E-state index >= 15 is 0 Å². The number of fused-ring (bicyclic) bond motifs is 1. The Hall–Kier alpha value is -2.92. The van der Waals surface area contributed by atoms with Gasteiger partial charge in [0.25, 0.3) is 0 Å². The molecule has 29 heavy (non-hydrogen) atoms. The second kappa shape index (κ2) is 9.05. The molecule has 2 aliphatic rings. The Morgan fingerprint density at radius 2 is 1.24 bits per heavy atom. The van der Waals surface area contributed by atoms with Gasteiger partial charge in [-0.3, -0.25) is 4.90 Å². The highest BCUT2D eigenvalue weighted by atomic mass is 16.4. The Kier molecular flexibility index (Phi) is 6.98. The fourth-order valence-electron chi connectivity index (χ4n) is 4.36. The average molecular weight is 416 g/mol. The van der Waals surface area contributed by atoms with E-state index in [9.17, 15) is 39.6 Å². The minimum Gasteiger partial charge on any atom is -0.465 e. The third-order valence-electron chi connectivity index (χ3n) is 5.98. The summed E-state index contributed by atoms with van der Waals surface area (Å²) in [6.45, 7) is 0.899. The topological polar surface area (TPSA) is 162 Å². The van der Waals surface area contributed by atoms with Gasteiger partial charge in [0.05, 0.1) is 11.6 Å². The standard InChI is InChI=1S/C17H28N4O8/c1-17-5-3-2-4-12(17)20(15(26)27)10-8-18(13(22)23)6-7-19(14(24)25)9-11-21(17)16(28)29/h12H,2-11H2,1H3,(H,22,23)(H,24,25)(H,26,27)(H,28,29). The molecule has 12 nitrogen and oxygen atoms in total. The van der Waals surface area contributed by atoms with Gasteiger partial charge in [-0.15, -0.1) is 0 Å². The highest BCUT2D eigenvalue weighted by molar-refractivity contribution is 5.69. The molecule has 2 rings (SSSR count). The normalized spacial score (nSPS) is 26.7. The molecule has 0 aromatic carbocycles. The number of carbonyl (C=O) groups is 4. The molecule has 0 spiro atoms. The predicted octanol–water partition coefficient (Wildman–Crippen LogP) is 1.62. The van der Waals surface area contributed by atoms with Crippen molar-refractivity contribution in [2.75, 3.05) is 39.3 Å². The van der Waals surface area contributed by atoms with E-state index in [4.69, 9.17) is 0 Å². The molecule has 0 aromatic rings. The van der Waals surface area contributed by atoms with E-state index < -0.39 is 36.0 Å². The van der Waals surface area contributed by atoms with Crippen LogP contribution in [0.25, 0.3) is 0 Å². The van der Waals surface area contributed by atoms with Crippen molar-refractivity contribution in [1.82, 2.24) is 19.6 Å². The van der Waals surface area contributed by atoms with Gasteiger partial charge in [0.2, 0.25) is 0 Å². The van der Waals surface area contributed by atoms with Gasteiger partial charge in [-0.1, -0.05) is 12.8 Å². The molecule has 1 heterocycles.